The molecule has 1 aromatic heterocycles. The Bertz CT molecular complexity index is 264. The summed E-state index contributed by atoms with van der Waals surface area (Å²) in [5.41, 5.74) is 0. The van der Waals surface area contributed by atoms with Crippen LogP contribution < -0.4 is 29.6 Å². The normalized spacial score (nSPS) is 12.2. The van der Waals surface area contributed by atoms with E-state index in [-0.39, 0.29) is 34.6 Å². The molecule has 12 heavy (non-hydrogen) atoms. The molecule has 6 heteroatoms. The monoisotopic (exact) mass is 196 g/mol. The van der Waals surface area contributed by atoms with E-state index >= 15 is 0 Å². The number of imidazole rings is 1. The Morgan fingerprint density at radius 2 is 2.42 bits per heavy atom. The van der Waals surface area contributed by atoms with Gasteiger partial charge in [0.1, 0.15) is 5.03 Å². The van der Waals surface area contributed by atoms with Gasteiger partial charge < -0.3 is 9.12 Å². The molecule has 4 nitrogen and oxygen atoms in total. The van der Waals surface area contributed by atoms with Gasteiger partial charge in [0, 0.05) is 12.7 Å². The fourth-order valence-corrected chi connectivity index (χ4v) is 1.16. The van der Waals surface area contributed by atoms with Crippen molar-refractivity contribution in [3.8, 4) is 0 Å². The van der Waals surface area contributed by atoms with Gasteiger partial charge in [-0.15, -0.1) is 0 Å². The summed E-state index contributed by atoms with van der Waals surface area (Å²) in [5.74, 6) is 0. The molecule has 1 rings (SSSR count). The molecular weight excluding hydrogens is 187 g/mol. The van der Waals surface area contributed by atoms with Crippen LogP contribution in [-0.4, -0.2) is 18.3 Å². The van der Waals surface area contributed by atoms with E-state index in [0.717, 1.165) is 13.0 Å². The fourth-order valence-electron chi connectivity index (χ4n) is 0.806. The molecule has 0 N–H and O–H groups in total. The maximum atomic E-state index is 10.3. The van der Waals surface area contributed by atoms with Crippen LogP contribution in [0, 0.1) is 0 Å². The summed E-state index contributed by atoms with van der Waals surface area (Å²) in [5, 5.41) is 0.110. The first-order valence-corrected chi connectivity index (χ1v) is 4.42. The van der Waals surface area contributed by atoms with Crippen LogP contribution in [0.5, 0.6) is 0 Å². The Morgan fingerprint density at radius 3 is 2.83 bits per heavy atom. The number of hydrogen-bond acceptors (Lipinski definition) is 3. The number of nitrogens with zero attached hydrogens (tertiary/aromatic N) is 2. The maximum absolute atomic E-state index is 10.3. The smallest absolute Gasteiger partial charge is 0.767 e. The van der Waals surface area contributed by atoms with E-state index in [2.05, 4.69) is 4.98 Å². The standard InChI is InChI=1S/C6H10N2O2S.Na/c1-2-3-8-4-6(7-5-8)11(9)10;/h4-5H,2-3H2,1H3,(H,9,10);/q;+1/p-1. The summed E-state index contributed by atoms with van der Waals surface area (Å²) in [4.78, 5) is 3.68. The van der Waals surface area contributed by atoms with Gasteiger partial charge in [-0.05, 0) is 17.5 Å². The van der Waals surface area contributed by atoms with Crippen LogP contribution in [0.3, 0.4) is 0 Å². The van der Waals surface area contributed by atoms with Crippen molar-refractivity contribution >= 4 is 11.1 Å². The van der Waals surface area contributed by atoms with E-state index < -0.39 is 11.1 Å². The second-order valence-corrected chi connectivity index (χ2v) is 3.07. The summed E-state index contributed by atoms with van der Waals surface area (Å²) in [6.07, 6.45) is 4.02. The van der Waals surface area contributed by atoms with Gasteiger partial charge in [0.25, 0.3) is 0 Å². The fraction of sp³-hybridized carbons (Fsp3) is 0.500. The predicted octanol–water partition coefficient (Wildman–Crippen LogP) is -2.46. The Balaban J connectivity index is 0.00000121. The predicted molar refractivity (Wildman–Crippen MR) is 39.7 cm³/mol. The zero-order valence-corrected chi connectivity index (χ0v) is 10.0. The van der Waals surface area contributed by atoms with Crippen LogP contribution in [0.15, 0.2) is 17.6 Å². The zero-order valence-electron chi connectivity index (χ0n) is 7.19. The topological polar surface area (TPSA) is 58.0 Å². The van der Waals surface area contributed by atoms with Crippen molar-refractivity contribution in [2.45, 2.75) is 24.9 Å². The van der Waals surface area contributed by atoms with E-state index in [0.29, 0.717) is 0 Å². The van der Waals surface area contributed by atoms with Gasteiger partial charge in [0.2, 0.25) is 0 Å². The van der Waals surface area contributed by atoms with Gasteiger partial charge in [-0.2, -0.15) is 0 Å². The minimum absolute atomic E-state index is 0. The third-order valence-corrected chi connectivity index (χ3v) is 1.81. The van der Waals surface area contributed by atoms with Crippen molar-refractivity contribution in [1.82, 2.24) is 9.55 Å². The number of aromatic nitrogens is 2. The largest absolute Gasteiger partial charge is 1.00 e. The molecule has 1 atom stereocenters. The van der Waals surface area contributed by atoms with Crippen LogP contribution in [-0.2, 0) is 17.6 Å². The maximum Gasteiger partial charge on any atom is 1.00 e. The third-order valence-electron chi connectivity index (χ3n) is 1.26. The molecule has 0 fully saturated rings. The number of aryl methyl sites for hydroxylation is 1. The van der Waals surface area contributed by atoms with E-state index in [4.69, 9.17) is 0 Å². The molecule has 0 spiro atoms. The SMILES string of the molecule is CCCn1cnc(S(=O)[O-])c1.[Na+]. The molecule has 1 aromatic rings. The molecule has 0 saturated carbocycles. The van der Waals surface area contributed by atoms with Crippen LogP contribution in [0.25, 0.3) is 0 Å². The van der Waals surface area contributed by atoms with Gasteiger partial charge in [-0.1, -0.05) is 6.92 Å². The van der Waals surface area contributed by atoms with Gasteiger partial charge in [0.15, 0.2) is 0 Å². The van der Waals surface area contributed by atoms with Gasteiger partial charge in [-0.3, -0.25) is 4.21 Å². The van der Waals surface area contributed by atoms with Crippen molar-refractivity contribution in [1.29, 1.82) is 0 Å². The molecule has 1 unspecified atom stereocenters. The summed E-state index contributed by atoms with van der Waals surface area (Å²) in [7, 11) is 0. The zero-order chi connectivity index (χ0) is 8.27. The van der Waals surface area contributed by atoms with Crippen molar-refractivity contribution in [3.05, 3.63) is 12.5 Å². The van der Waals surface area contributed by atoms with Gasteiger partial charge >= 0.3 is 29.6 Å². The average Bonchev–Trinajstić information content (AvgIpc) is 2.37. The second-order valence-electron chi connectivity index (χ2n) is 2.18. The van der Waals surface area contributed by atoms with Crippen LogP contribution in [0.2, 0.25) is 0 Å². The van der Waals surface area contributed by atoms with E-state index in [1.165, 1.54) is 12.5 Å². The number of rotatable bonds is 3. The first kappa shape index (κ1) is 12.3. The Hall–Kier alpha value is 0.320. The van der Waals surface area contributed by atoms with E-state index in [1.807, 2.05) is 6.92 Å². The van der Waals surface area contributed by atoms with Crippen molar-refractivity contribution in [3.63, 3.8) is 0 Å². The molecule has 0 aliphatic rings. The quantitative estimate of drug-likeness (QED) is 0.398. The minimum atomic E-state index is -2.19. The Morgan fingerprint density at radius 1 is 1.75 bits per heavy atom. The molecule has 1 heterocycles. The summed E-state index contributed by atoms with van der Waals surface area (Å²) in [6, 6.07) is 0. The molecule has 0 amide bonds. The molecule has 0 saturated heterocycles. The van der Waals surface area contributed by atoms with E-state index in [9.17, 15) is 8.76 Å². The molecule has 0 aliphatic carbocycles. The summed E-state index contributed by atoms with van der Waals surface area (Å²) in [6.45, 7) is 2.83. The van der Waals surface area contributed by atoms with Crippen LogP contribution in [0.1, 0.15) is 13.3 Å². The molecule has 62 valence electrons. The number of hydrogen-bond donors (Lipinski definition) is 0. The van der Waals surface area contributed by atoms with Gasteiger partial charge in [0.05, 0.1) is 6.33 Å². The van der Waals surface area contributed by atoms with Crippen molar-refractivity contribution in [2.24, 2.45) is 0 Å². The first-order chi connectivity index (χ1) is 5.24. The van der Waals surface area contributed by atoms with Crippen molar-refractivity contribution < 1.29 is 38.3 Å². The molecule has 0 bridgehead atoms. The molecule has 0 aliphatic heterocycles. The van der Waals surface area contributed by atoms with Crippen LogP contribution >= 0.6 is 0 Å². The Kier molecular flexibility index (Phi) is 6.04. The van der Waals surface area contributed by atoms with Crippen LogP contribution in [0.4, 0.5) is 0 Å². The molecule has 0 radical (unpaired) electrons. The minimum Gasteiger partial charge on any atom is -0.767 e. The third kappa shape index (κ3) is 3.37. The molecular formula is C6H9N2NaO2S. The summed E-state index contributed by atoms with van der Waals surface area (Å²) >= 11 is -2.19. The first-order valence-electron chi connectivity index (χ1n) is 3.35. The Labute approximate surface area is 96.0 Å². The average molecular weight is 196 g/mol. The summed E-state index contributed by atoms with van der Waals surface area (Å²) < 4.78 is 22.4. The van der Waals surface area contributed by atoms with E-state index in [1.54, 1.807) is 4.57 Å². The second kappa shape index (κ2) is 5.88. The molecule has 0 aromatic carbocycles. The van der Waals surface area contributed by atoms with Gasteiger partial charge in [-0.25, -0.2) is 4.98 Å². The van der Waals surface area contributed by atoms with Crippen molar-refractivity contribution in [2.75, 3.05) is 0 Å².